The average Bonchev–Trinajstić information content (AvgIpc) is 3.23. The average molecular weight is 432 g/mol. The van der Waals surface area contributed by atoms with Gasteiger partial charge in [-0.2, -0.15) is 0 Å². The first-order valence-corrected chi connectivity index (χ1v) is 10.6. The van der Waals surface area contributed by atoms with Gasteiger partial charge < -0.3 is 9.47 Å². The number of carbonyl (C=O) groups excluding carboxylic acids is 1. The Kier molecular flexibility index (Phi) is 5.52. The Morgan fingerprint density at radius 3 is 2.83 bits per heavy atom. The maximum atomic E-state index is 13.6. The summed E-state index contributed by atoms with van der Waals surface area (Å²) in [5, 5.41) is 2.60. The highest BCUT2D eigenvalue weighted by molar-refractivity contribution is 7.13. The fraction of sp³-hybridized carbons (Fsp3) is 0.286. The largest absolute Gasteiger partial charge is 0.341 e. The third-order valence-corrected chi connectivity index (χ3v) is 6.27. The summed E-state index contributed by atoms with van der Waals surface area (Å²) < 4.78 is 15.4. The summed E-state index contributed by atoms with van der Waals surface area (Å²) in [7, 11) is 0. The zero-order valence-corrected chi connectivity index (χ0v) is 17.4. The van der Waals surface area contributed by atoms with Crippen LogP contribution < -0.4 is 5.43 Å². The third-order valence-electron chi connectivity index (χ3n) is 5.15. The van der Waals surface area contributed by atoms with Gasteiger partial charge in [0.15, 0.2) is 5.43 Å². The molecule has 0 unspecified atom stereocenters. The molecule has 3 heterocycles. The molecule has 0 fully saturated rings. The summed E-state index contributed by atoms with van der Waals surface area (Å²) in [5.41, 5.74) is 2.12. The van der Waals surface area contributed by atoms with E-state index in [0.717, 1.165) is 5.56 Å². The monoisotopic (exact) mass is 431 g/mol. The second-order valence-electron chi connectivity index (χ2n) is 7.02. The number of hydrogen-bond donors (Lipinski definition) is 0. The molecule has 2 aromatic heterocycles. The van der Waals surface area contributed by atoms with Crippen molar-refractivity contribution in [3.8, 4) is 10.6 Å². The number of halogens is 2. The van der Waals surface area contributed by atoms with E-state index in [-0.39, 0.29) is 16.4 Å². The van der Waals surface area contributed by atoms with Gasteiger partial charge in [-0.25, -0.2) is 9.37 Å². The number of hydrogen-bond acceptors (Lipinski definition) is 4. The molecule has 1 amide bonds. The van der Waals surface area contributed by atoms with Crippen LogP contribution in [0.5, 0.6) is 0 Å². The second kappa shape index (κ2) is 8.08. The first kappa shape index (κ1) is 19.8. The van der Waals surface area contributed by atoms with E-state index >= 15 is 0 Å². The number of aryl methyl sites for hydroxylation is 1. The summed E-state index contributed by atoms with van der Waals surface area (Å²) in [6.45, 7) is 3.44. The molecule has 29 heavy (non-hydrogen) atoms. The number of thiazole rings is 1. The topological polar surface area (TPSA) is 55.2 Å². The molecule has 0 saturated heterocycles. The minimum Gasteiger partial charge on any atom is -0.341 e. The van der Waals surface area contributed by atoms with Crippen LogP contribution in [0.25, 0.3) is 10.6 Å². The van der Waals surface area contributed by atoms with Crippen LogP contribution in [0.3, 0.4) is 0 Å². The molecule has 0 N–H and O–H groups in total. The van der Waals surface area contributed by atoms with Crippen molar-refractivity contribution in [2.75, 3.05) is 13.1 Å². The molecule has 0 atom stereocenters. The molecule has 1 aliphatic rings. The van der Waals surface area contributed by atoms with Gasteiger partial charge in [-0.05, 0) is 37.5 Å². The number of rotatable bonds is 5. The molecule has 0 radical (unpaired) electrons. The summed E-state index contributed by atoms with van der Waals surface area (Å²) in [6.07, 6.45) is 4.76. The normalized spacial score (nSPS) is 13.6. The predicted octanol–water partition coefficient (Wildman–Crippen LogP) is 4.16. The minimum absolute atomic E-state index is 0.106. The molecule has 1 aliphatic heterocycles. The Balaban J connectivity index is 1.50. The van der Waals surface area contributed by atoms with Crippen molar-refractivity contribution < 1.29 is 9.18 Å². The lowest BCUT2D eigenvalue weighted by Crippen LogP contribution is -2.43. The second-order valence-corrected chi connectivity index (χ2v) is 8.32. The molecule has 4 rings (SSSR count). The zero-order chi connectivity index (χ0) is 20.5. The molecule has 0 saturated carbocycles. The van der Waals surface area contributed by atoms with E-state index in [1.54, 1.807) is 36.4 Å². The minimum atomic E-state index is -0.432. The number of nitrogens with zero attached hydrogens (tertiary/aromatic N) is 3. The van der Waals surface area contributed by atoms with Crippen LogP contribution in [0.1, 0.15) is 28.0 Å². The Morgan fingerprint density at radius 2 is 2.10 bits per heavy atom. The number of fused-ring (bicyclic) bond motifs is 1. The van der Waals surface area contributed by atoms with E-state index in [1.165, 1.54) is 17.4 Å². The van der Waals surface area contributed by atoms with E-state index in [9.17, 15) is 14.0 Å². The van der Waals surface area contributed by atoms with Crippen molar-refractivity contribution in [1.29, 1.82) is 0 Å². The first-order chi connectivity index (χ1) is 14.0. The van der Waals surface area contributed by atoms with Crippen LogP contribution in [0, 0.1) is 12.7 Å². The van der Waals surface area contributed by atoms with Gasteiger partial charge in [-0.1, -0.05) is 17.7 Å². The van der Waals surface area contributed by atoms with Crippen molar-refractivity contribution in [3.63, 3.8) is 0 Å². The van der Waals surface area contributed by atoms with Crippen molar-refractivity contribution in [2.45, 2.75) is 26.3 Å². The van der Waals surface area contributed by atoms with Crippen LogP contribution in [-0.2, 0) is 13.0 Å². The van der Waals surface area contributed by atoms with Crippen molar-refractivity contribution in [3.05, 3.63) is 73.9 Å². The van der Waals surface area contributed by atoms with Crippen LogP contribution in [-0.4, -0.2) is 33.4 Å². The van der Waals surface area contributed by atoms with Gasteiger partial charge in [0.25, 0.3) is 5.91 Å². The van der Waals surface area contributed by atoms with E-state index < -0.39 is 5.82 Å². The highest BCUT2D eigenvalue weighted by Crippen LogP contribution is 2.23. The Bertz CT molecular complexity index is 1130. The maximum absolute atomic E-state index is 13.6. The van der Waals surface area contributed by atoms with Gasteiger partial charge in [0.05, 0.1) is 10.6 Å². The Morgan fingerprint density at radius 1 is 1.28 bits per heavy atom. The third kappa shape index (κ3) is 3.84. The van der Waals surface area contributed by atoms with Crippen LogP contribution in [0.4, 0.5) is 4.39 Å². The van der Waals surface area contributed by atoms with E-state index in [2.05, 4.69) is 4.98 Å². The summed E-state index contributed by atoms with van der Waals surface area (Å²) in [6, 6.07) is 4.77. The van der Waals surface area contributed by atoms with Crippen LogP contribution >= 0.6 is 22.9 Å². The SMILES string of the molecule is Cc1c2n(cc(-c3nccs3)c1=O)CCN(CCCc1ccc(Cl)c(F)c1)C2=O. The quantitative estimate of drug-likeness (QED) is 0.609. The van der Waals surface area contributed by atoms with Gasteiger partial charge in [0, 0.05) is 43.0 Å². The van der Waals surface area contributed by atoms with E-state index in [0.29, 0.717) is 54.3 Å². The number of pyridine rings is 1. The summed E-state index contributed by atoms with van der Waals surface area (Å²) >= 11 is 7.12. The standard InChI is InChI=1S/C21H19ClFN3O2S/c1-13-18-21(28)25(7-2-3-14-4-5-16(22)17(23)11-14)8-9-26(18)12-15(19(13)27)20-24-6-10-29-20/h4-6,10-12H,2-3,7-9H2,1H3. The first-order valence-electron chi connectivity index (χ1n) is 9.33. The molecule has 0 spiro atoms. The molecule has 1 aromatic carbocycles. The lowest BCUT2D eigenvalue weighted by molar-refractivity contribution is 0.0699. The lowest BCUT2D eigenvalue weighted by Gasteiger charge is -2.31. The number of benzene rings is 1. The smallest absolute Gasteiger partial charge is 0.270 e. The summed E-state index contributed by atoms with van der Waals surface area (Å²) in [4.78, 5) is 31.8. The molecule has 0 bridgehead atoms. The van der Waals surface area contributed by atoms with Crippen LogP contribution in [0.15, 0.2) is 40.8 Å². The fourth-order valence-corrected chi connectivity index (χ4v) is 4.40. The van der Waals surface area contributed by atoms with Gasteiger partial charge in [-0.15, -0.1) is 11.3 Å². The Hall–Kier alpha value is -2.51. The van der Waals surface area contributed by atoms with Gasteiger partial charge in [-0.3, -0.25) is 9.59 Å². The number of aromatic nitrogens is 2. The fourth-order valence-electron chi connectivity index (χ4n) is 3.63. The zero-order valence-electron chi connectivity index (χ0n) is 15.8. The predicted molar refractivity (Wildman–Crippen MR) is 112 cm³/mol. The van der Waals surface area contributed by atoms with Gasteiger partial charge in [0.2, 0.25) is 0 Å². The number of carbonyl (C=O) groups is 1. The van der Waals surface area contributed by atoms with Crippen LogP contribution in [0.2, 0.25) is 5.02 Å². The molecule has 8 heteroatoms. The van der Waals surface area contributed by atoms with Gasteiger partial charge in [0.1, 0.15) is 16.5 Å². The maximum Gasteiger partial charge on any atom is 0.270 e. The highest BCUT2D eigenvalue weighted by atomic mass is 35.5. The van der Waals surface area contributed by atoms with Crippen molar-refractivity contribution >= 4 is 28.8 Å². The lowest BCUT2D eigenvalue weighted by atomic mass is 10.1. The van der Waals surface area contributed by atoms with E-state index in [4.69, 9.17) is 11.6 Å². The summed E-state index contributed by atoms with van der Waals surface area (Å²) in [5.74, 6) is -0.572. The van der Waals surface area contributed by atoms with Crippen molar-refractivity contribution in [2.24, 2.45) is 0 Å². The Labute approximate surface area is 176 Å². The molecule has 0 aliphatic carbocycles. The van der Waals surface area contributed by atoms with Crippen molar-refractivity contribution in [1.82, 2.24) is 14.5 Å². The molecule has 5 nitrogen and oxygen atoms in total. The number of amides is 1. The molecular weight excluding hydrogens is 413 g/mol. The molecular formula is C21H19ClFN3O2S. The molecule has 3 aromatic rings. The van der Waals surface area contributed by atoms with E-state index in [1.807, 2.05) is 9.95 Å². The highest BCUT2D eigenvalue weighted by Gasteiger charge is 2.28. The molecule has 150 valence electrons. The van der Waals surface area contributed by atoms with Gasteiger partial charge >= 0.3 is 0 Å².